The maximum absolute atomic E-state index is 13.5. The molecule has 0 aliphatic carbocycles. The molecule has 6 nitrogen and oxygen atoms in total. The lowest BCUT2D eigenvalue weighted by molar-refractivity contribution is -0.142. The van der Waals surface area contributed by atoms with E-state index in [9.17, 15) is 9.59 Å². The molecule has 6 heteroatoms. The lowest BCUT2D eigenvalue weighted by Gasteiger charge is -2.35. The average Bonchev–Trinajstić information content (AvgIpc) is 2.75. The number of amides is 1. The Hall–Kier alpha value is -2.99. The maximum atomic E-state index is 13.5. The summed E-state index contributed by atoms with van der Waals surface area (Å²) in [7, 11) is 3.98. The first-order chi connectivity index (χ1) is 15.1. The Labute approximate surface area is 190 Å². The van der Waals surface area contributed by atoms with E-state index in [1.807, 2.05) is 101 Å². The van der Waals surface area contributed by atoms with E-state index in [2.05, 4.69) is 4.90 Å². The highest BCUT2D eigenvalue weighted by Gasteiger charge is 2.33. The van der Waals surface area contributed by atoms with Crippen LogP contribution in [-0.4, -0.2) is 52.4 Å². The fourth-order valence-electron chi connectivity index (χ4n) is 3.77. The summed E-state index contributed by atoms with van der Waals surface area (Å²) in [6, 6.07) is 16.9. The van der Waals surface area contributed by atoms with E-state index in [4.69, 9.17) is 4.98 Å². The molecule has 0 saturated carbocycles. The summed E-state index contributed by atoms with van der Waals surface area (Å²) >= 11 is 0. The van der Waals surface area contributed by atoms with E-state index in [0.717, 1.165) is 12.1 Å². The van der Waals surface area contributed by atoms with E-state index < -0.39 is 5.41 Å². The fraction of sp³-hybridized carbons (Fsp3) is 0.423. The zero-order chi connectivity index (χ0) is 23.5. The molecule has 32 heavy (non-hydrogen) atoms. The molecular formula is C26H34N4O2. The second-order valence-electron chi connectivity index (χ2n) is 9.59. The number of likely N-dealkylation sites (N-methyl/N-ethyl adjacent to an activating group) is 1. The minimum absolute atomic E-state index is 0.0421. The van der Waals surface area contributed by atoms with Crippen molar-refractivity contribution < 1.29 is 4.79 Å². The third-order valence-corrected chi connectivity index (χ3v) is 5.61. The Balaban J connectivity index is 2.15. The summed E-state index contributed by atoms with van der Waals surface area (Å²) in [5.74, 6) is 0.648. The van der Waals surface area contributed by atoms with Gasteiger partial charge in [-0.25, -0.2) is 4.98 Å². The number of benzene rings is 2. The van der Waals surface area contributed by atoms with Crippen molar-refractivity contribution in [3.05, 3.63) is 76.3 Å². The lowest BCUT2D eigenvalue weighted by atomic mass is 9.93. The van der Waals surface area contributed by atoms with Crippen LogP contribution in [0.3, 0.4) is 0 Å². The van der Waals surface area contributed by atoms with Gasteiger partial charge in [0.2, 0.25) is 5.91 Å². The predicted octanol–water partition coefficient (Wildman–Crippen LogP) is 3.94. The van der Waals surface area contributed by atoms with Gasteiger partial charge >= 0.3 is 0 Å². The van der Waals surface area contributed by atoms with Crippen LogP contribution in [0.2, 0.25) is 0 Å². The highest BCUT2D eigenvalue weighted by molar-refractivity contribution is 5.82. The molecule has 0 radical (unpaired) electrons. The van der Waals surface area contributed by atoms with E-state index in [-0.39, 0.29) is 17.5 Å². The molecule has 0 N–H and O–H groups in total. The quantitative estimate of drug-likeness (QED) is 0.565. The molecule has 1 unspecified atom stereocenters. The number of rotatable bonds is 7. The smallest absolute Gasteiger partial charge is 0.261 e. The first kappa shape index (κ1) is 23.7. The number of hydrogen-bond donors (Lipinski definition) is 0. The summed E-state index contributed by atoms with van der Waals surface area (Å²) in [5.41, 5.74) is 1.04. The molecule has 1 heterocycles. The van der Waals surface area contributed by atoms with E-state index in [0.29, 0.717) is 29.8 Å². The number of carbonyl (C=O) groups is 1. The Bertz CT molecular complexity index is 1130. The summed E-state index contributed by atoms with van der Waals surface area (Å²) in [6.45, 7) is 9.43. The third-order valence-electron chi connectivity index (χ3n) is 5.61. The zero-order valence-corrected chi connectivity index (χ0v) is 20.0. The summed E-state index contributed by atoms with van der Waals surface area (Å²) in [6.07, 6.45) is 0. The van der Waals surface area contributed by atoms with Gasteiger partial charge in [0.1, 0.15) is 5.82 Å². The normalized spacial score (nSPS) is 12.8. The van der Waals surface area contributed by atoms with Crippen LogP contribution in [0.25, 0.3) is 10.9 Å². The predicted molar refractivity (Wildman–Crippen MR) is 130 cm³/mol. The second kappa shape index (κ2) is 9.65. The van der Waals surface area contributed by atoms with Crippen molar-refractivity contribution >= 4 is 16.8 Å². The van der Waals surface area contributed by atoms with Gasteiger partial charge in [0, 0.05) is 18.5 Å². The Morgan fingerprint density at radius 3 is 2.25 bits per heavy atom. The molecule has 2 aromatic carbocycles. The van der Waals surface area contributed by atoms with Gasteiger partial charge in [-0.2, -0.15) is 0 Å². The van der Waals surface area contributed by atoms with Crippen LogP contribution in [0.5, 0.6) is 0 Å². The highest BCUT2D eigenvalue weighted by atomic mass is 16.2. The van der Waals surface area contributed by atoms with Gasteiger partial charge in [-0.05, 0) is 38.7 Å². The van der Waals surface area contributed by atoms with Crippen molar-refractivity contribution in [1.29, 1.82) is 0 Å². The summed E-state index contributed by atoms with van der Waals surface area (Å²) in [4.78, 5) is 35.7. The zero-order valence-electron chi connectivity index (χ0n) is 20.0. The van der Waals surface area contributed by atoms with Crippen LogP contribution in [0.1, 0.15) is 45.1 Å². The second-order valence-corrected chi connectivity index (χ2v) is 9.59. The van der Waals surface area contributed by atoms with Gasteiger partial charge in [-0.15, -0.1) is 0 Å². The van der Waals surface area contributed by atoms with Gasteiger partial charge < -0.3 is 9.80 Å². The number of para-hydroxylation sites is 1. The molecule has 3 rings (SSSR count). The average molecular weight is 435 g/mol. The summed E-state index contributed by atoms with van der Waals surface area (Å²) < 4.78 is 1.72. The SMILES string of the molecule is CC(c1nc2ccccc2c(=O)n1Cc1ccccc1)N(CCN(C)C)C(=O)C(C)(C)C. The van der Waals surface area contributed by atoms with Crippen molar-refractivity contribution in [2.45, 2.75) is 40.3 Å². The van der Waals surface area contributed by atoms with Gasteiger partial charge in [0.25, 0.3) is 5.56 Å². The highest BCUT2D eigenvalue weighted by Crippen LogP contribution is 2.26. The molecule has 0 saturated heterocycles. The monoisotopic (exact) mass is 434 g/mol. The van der Waals surface area contributed by atoms with Gasteiger partial charge in [0.05, 0.1) is 23.5 Å². The van der Waals surface area contributed by atoms with Gasteiger partial charge in [-0.3, -0.25) is 14.2 Å². The molecular weight excluding hydrogens is 400 g/mol. The number of fused-ring (bicyclic) bond motifs is 1. The van der Waals surface area contributed by atoms with E-state index >= 15 is 0 Å². The topological polar surface area (TPSA) is 58.4 Å². The molecule has 170 valence electrons. The molecule has 0 bridgehead atoms. The molecule has 0 aliphatic heterocycles. The molecule has 1 amide bonds. The Morgan fingerprint density at radius 2 is 1.62 bits per heavy atom. The fourth-order valence-corrected chi connectivity index (χ4v) is 3.77. The number of aromatic nitrogens is 2. The van der Waals surface area contributed by atoms with Crippen LogP contribution in [0.15, 0.2) is 59.4 Å². The standard InChI is InChI=1S/C26H34N4O2/c1-19(29(17-16-28(5)6)25(32)26(2,3)4)23-27-22-15-11-10-14-21(22)24(31)30(23)18-20-12-8-7-9-13-20/h7-15,19H,16-18H2,1-6H3. The number of hydrogen-bond acceptors (Lipinski definition) is 4. The van der Waals surface area contributed by atoms with E-state index in [1.165, 1.54) is 0 Å². The lowest BCUT2D eigenvalue weighted by Crippen LogP contribution is -2.45. The molecule has 0 fully saturated rings. The van der Waals surface area contributed by atoms with Gasteiger partial charge in [-0.1, -0.05) is 63.2 Å². The van der Waals surface area contributed by atoms with Crippen molar-refractivity contribution in [2.24, 2.45) is 5.41 Å². The van der Waals surface area contributed by atoms with Crippen LogP contribution in [-0.2, 0) is 11.3 Å². The minimum atomic E-state index is -0.540. The number of nitrogens with zero attached hydrogens (tertiary/aromatic N) is 4. The Morgan fingerprint density at radius 1 is 1.00 bits per heavy atom. The van der Waals surface area contributed by atoms with Crippen LogP contribution < -0.4 is 5.56 Å². The summed E-state index contributed by atoms with van der Waals surface area (Å²) in [5, 5.41) is 0.585. The van der Waals surface area contributed by atoms with E-state index in [1.54, 1.807) is 4.57 Å². The largest absolute Gasteiger partial charge is 0.331 e. The van der Waals surface area contributed by atoms with Crippen LogP contribution in [0.4, 0.5) is 0 Å². The molecule has 1 aromatic heterocycles. The molecule has 0 aliphatic rings. The van der Waals surface area contributed by atoms with Crippen molar-refractivity contribution in [3.63, 3.8) is 0 Å². The van der Waals surface area contributed by atoms with Crippen LogP contribution >= 0.6 is 0 Å². The maximum Gasteiger partial charge on any atom is 0.261 e. The first-order valence-electron chi connectivity index (χ1n) is 11.1. The van der Waals surface area contributed by atoms with Gasteiger partial charge in [0.15, 0.2) is 0 Å². The van der Waals surface area contributed by atoms with Crippen LogP contribution in [0, 0.1) is 5.41 Å². The van der Waals surface area contributed by atoms with Crippen molar-refractivity contribution in [1.82, 2.24) is 19.4 Å². The Kier molecular flexibility index (Phi) is 7.14. The first-order valence-corrected chi connectivity index (χ1v) is 11.1. The molecule has 0 spiro atoms. The minimum Gasteiger partial charge on any atom is -0.331 e. The molecule has 3 aromatic rings. The third kappa shape index (κ3) is 5.25. The molecule has 1 atom stereocenters. The van der Waals surface area contributed by atoms with Crippen molar-refractivity contribution in [3.8, 4) is 0 Å². The van der Waals surface area contributed by atoms with Crippen molar-refractivity contribution in [2.75, 3.05) is 27.2 Å². The number of carbonyl (C=O) groups excluding carboxylic acids is 1.